The Morgan fingerprint density at radius 3 is 0.489 bits per heavy atom. The van der Waals surface area contributed by atoms with Crippen LogP contribution in [0.3, 0.4) is 0 Å². The molecule has 4 aliphatic rings. The van der Waals surface area contributed by atoms with E-state index < -0.39 is 0 Å². The Kier molecular flexibility index (Phi) is 12.7. The van der Waals surface area contributed by atoms with Gasteiger partial charge in [-0.15, -0.1) is 0 Å². The van der Waals surface area contributed by atoms with Crippen molar-refractivity contribution in [3.05, 3.63) is 300 Å². The predicted octanol–water partition coefficient (Wildman–Crippen LogP) is 21.0. The number of benzene rings is 7. The van der Waals surface area contributed by atoms with Gasteiger partial charge in [0, 0.05) is 88.6 Å². The van der Waals surface area contributed by atoms with E-state index >= 15 is 0 Å². The second-order valence-corrected chi connectivity index (χ2v) is 22.8. The molecular formula is C82H54N8. The number of H-pyrrole nitrogens is 4. The largest absolute Gasteiger partial charge is 0.354 e. The van der Waals surface area contributed by atoms with E-state index in [1.165, 1.54) is 0 Å². The summed E-state index contributed by atoms with van der Waals surface area (Å²) in [4.78, 5) is 38.2. The lowest BCUT2D eigenvalue weighted by atomic mass is 9.97. The van der Waals surface area contributed by atoms with E-state index in [4.69, 9.17) is 19.9 Å². The molecule has 17 rings (SSSR count). The summed E-state index contributed by atoms with van der Waals surface area (Å²) in [5.74, 6) is 0. The van der Waals surface area contributed by atoms with Gasteiger partial charge in [0.2, 0.25) is 0 Å². The van der Waals surface area contributed by atoms with Crippen LogP contribution >= 0.6 is 0 Å². The second kappa shape index (κ2) is 21.9. The molecule has 422 valence electrons. The van der Waals surface area contributed by atoms with E-state index in [0.29, 0.717) is 0 Å². The second-order valence-electron chi connectivity index (χ2n) is 22.8. The van der Waals surface area contributed by atoms with Crippen LogP contribution in [0, 0.1) is 0 Å². The maximum atomic E-state index is 5.68. The molecule has 90 heavy (non-hydrogen) atoms. The molecule has 13 aromatic rings. The van der Waals surface area contributed by atoms with Crippen molar-refractivity contribution in [2.24, 2.45) is 0 Å². The first kappa shape index (κ1) is 52.1. The molecule has 16 bridgehead atoms. The van der Waals surface area contributed by atoms with Gasteiger partial charge in [-0.2, -0.15) is 0 Å². The lowest BCUT2D eigenvalue weighted by molar-refractivity contribution is 1.31. The van der Waals surface area contributed by atoms with E-state index in [9.17, 15) is 0 Å². The number of nitrogens with zero attached hydrogens (tertiary/aromatic N) is 4. The standard InChI is InChI=1S/C82H54N8/c1-7-20-51(21-8-1)75-59-34-38-63(83-59)77(53-24-11-3-12-25-53)67-42-46-71(87-67)81(72-47-43-68(88-72)78(54-26-13-4-14-27-54)64-39-35-60(75)84-64)57-32-19-33-58(50-57)82-73-48-44-69(89-73)79(55-28-15-5-16-29-55)65-40-36-61(85-65)76(52-22-9-2-10-23-52)62-37-41-66(86-62)80(56-30-17-6-18-31-56)70-45-49-74(82)90-70/h1-50,83,85,88,90H. The molecule has 4 N–H and O–H groups in total. The van der Waals surface area contributed by atoms with Crippen LogP contribution in [0.4, 0.5) is 0 Å². The van der Waals surface area contributed by atoms with Gasteiger partial charge >= 0.3 is 0 Å². The molecule has 0 atom stereocenters. The summed E-state index contributed by atoms with van der Waals surface area (Å²) in [5.41, 5.74) is 30.3. The lowest BCUT2D eigenvalue weighted by Crippen LogP contribution is -1.91. The summed E-state index contributed by atoms with van der Waals surface area (Å²) in [6.07, 6.45) is 17.2. The van der Waals surface area contributed by atoms with Crippen molar-refractivity contribution in [2.75, 3.05) is 0 Å². The summed E-state index contributed by atoms with van der Waals surface area (Å²) in [6, 6.07) is 89.6. The van der Waals surface area contributed by atoms with Crippen LogP contribution in [-0.4, -0.2) is 39.9 Å². The summed E-state index contributed by atoms with van der Waals surface area (Å²) in [5, 5.41) is 0. The zero-order valence-corrected chi connectivity index (χ0v) is 48.7. The zero-order valence-electron chi connectivity index (χ0n) is 48.7. The van der Waals surface area contributed by atoms with Crippen molar-refractivity contribution in [1.29, 1.82) is 0 Å². The minimum absolute atomic E-state index is 0.817. The van der Waals surface area contributed by atoms with Gasteiger partial charge in [-0.3, -0.25) is 0 Å². The number of hydrogen-bond donors (Lipinski definition) is 4. The predicted molar refractivity (Wildman–Crippen MR) is 375 cm³/mol. The van der Waals surface area contributed by atoms with Crippen molar-refractivity contribution in [1.82, 2.24) is 39.9 Å². The lowest BCUT2D eigenvalue weighted by Gasteiger charge is -2.10. The third-order valence-electron chi connectivity index (χ3n) is 17.3. The SMILES string of the molecule is C1=Cc2nc1c(-c1ccccc1)c1ccc([nH]1)c(-c1ccccc1)c1nc(c(-c3cccc(-c4c5nc(c(-c6ccccc6)c6ccc([nH]6)c(-c6ccccc6)c6nc(c(-c7ccccc7)c7ccc4[nH]7)C=C6)C=C5)c3)c3ccc([nH]3)c2-c2ccccc2)C=C1. The van der Waals surface area contributed by atoms with Gasteiger partial charge in [0.05, 0.1) is 45.6 Å². The summed E-state index contributed by atoms with van der Waals surface area (Å²) < 4.78 is 0. The van der Waals surface area contributed by atoms with Gasteiger partial charge in [0.25, 0.3) is 0 Å². The highest BCUT2D eigenvalue weighted by Gasteiger charge is 2.23. The molecule has 7 aromatic carbocycles. The number of rotatable bonds is 8. The smallest absolute Gasteiger partial charge is 0.0737 e. The van der Waals surface area contributed by atoms with Crippen LogP contribution in [0.15, 0.2) is 255 Å². The Hall–Kier alpha value is -12.3. The number of fused-ring (bicyclic) bond motifs is 16. The van der Waals surface area contributed by atoms with E-state index in [1.54, 1.807) is 0 Å². The molecule has 8 heteroatoms. The summed E-state index contributed by atoms with van der Waals surface area (Å²) in [7, 11) is 0. The van der Waals surface area contributed by atoms with Crippen molar-refractivity contribution in [3.63, 3.8) is 0 Å². The highest BCUT2D eigenvalue weighted by Crippen LogP contribution is 2.43. The molecule has 10 heterocycles. The van der Waals surface area contributed by atoms with Crippen LogP contribution < -0.4 is 0 Å². The van der Waals surface area contributed by atoms with Gasteiger partial charge in [-0.1, -0.05) is 200 Å². The first-order valence-corrected chi connectivity index (χ1v) is 30.4. The Balaban J connectivity index is 0.960. The molecule has 0 saturated heterocycles. The average Bonchev–Trinajstić information content (AvgIpc) is 1.99. The fourth-order valence-corrected chi connectivity index (χ4v) is 13.3. The fraction of sp³-hybridized carbons (Fsp3) is 0. The van der Waals surface area contributed by atoms with Gasteiger partial charge < -0.3 is 19.9 Å². The van der Waals surface area contributed by atoms with Gasteiger partial charge in [-0.05, 0) is 148 Å². The first-order chi connectivity index (χ1) is 44.6. The fourth-order valence-electron chi connectivity index (χ4n) is 13.3. The number of hydrogen-bond acceptors (Lipinski definition) is 4. The van der Waals surface area contributed by atoms with Crippen LogP contribution in [0.5, 0.6) is 0 Å². The molecule has 6 aromatic heterocycles. The molecule has 0 saturated carbocycles. The first-order valence-electron chi connectivity index (χ1n) is 30.4. The Morgan fingerprint density at radius 1 is 0.156 bits per heavy atom. The van der Waals surface area contributed by atoms with Gasteiger partial charge in [0.1, 0.15) is 0 Å². The van der Waals surface area contributed by atoms with Crippen molar-refractivity contribution < 1.29 is 0 Å². The third-order valence-corrected chi connectivity index (χ3v) is 17.3. The summed E-state index contributed by atoms with van der Waals surface area (Å²) >= 11 is 0. The molecule has 0 unspecified atom stereocenters. The maximum absolute atomic E-state index is 5.68. The molecular weight excluding hydrogens is 1100 g/mol. The van der Waals surface area contributed by atoms with Crippen molar-refractivity contribution >= 4 is 92.7 Å². The average molecular weight is 1150 g/mol. The van der Waals surface area contributed by atoms with Gasteiger partial charge in [0.15, 0.2) is 0 Å². The highest BCUT2D eigenvalue weighted by atomic mass is 14.8. The Morgan fingerprint density at radius 2 is 0.311 bits per heavy atom. The third kappa shape index (κ3) is 9.26. The molecule has 0 amide bonds. The minimum Gasteiger partial charge on any atom is -0.354 e. The molecule has 0 spiro atoms. The monoisotopic (exact) mass is 1150 g/mol. The van der Waals surface area contributed by atoms with E-state index in [-0.39, 0.29) is 0 Å². The summed E-state index contributed by atoms with van der Waals surface area (Å²) in [6.45, 7) is 0. The topological polar surface area (TPSA) is 115 Å². The van der Waals surface area contributed by atoms with Gasteiger partial charge in [-0.25, -0.2) is 19.9 Å². The van der Waals surface area contributed by atoms with E-state index in [0.717, 1.165) is 179 Å². The number of aromatic nitrogens is 8. The van der Waals surface area contributed by atoms with Crippen LogP contribution in [0.25, 0.3) is 182 Å². The molecule has 0 aliphatic carbocycles. The molecule has 4 aliphatic heterocycles. The van der Waals surface area contributed by atoms with E-state index in [2.05, 4.69) is 323 Å². The Bertz CT molecular complexity index is 5080. The molecule has 0 fully saturated rings. The zero-order chi connectivity index (χ0) is 59.5. The quantitative estimate of drug-likeness (QED) is 0.121. The Labute approximate surface area is 519 Å². The van der Waals surface area contributed by atoms with E-state index in [1.807, 2.05) is 0 Å². The highest BCUT2D eigenvalue weighted by molar-refractivity contribution is 6.03. The van der Waals surface area contributed by atoms with Crippen LogP contribution in [0.2, 0.25) is 0 Å². The van der Waals surface area contributed by atoms with Crippen LogP contribution in [-0.2, 0) is 0 Å². The molecule has 0 radical (unpaired) electrons. The van der Waals surface area contributed by atoms with Crippen molar-refractivity contribution in [3.8, 4) is 89.0 Å². The van der Waals surface area contributed by atoms with Crippen LogP contribution in [0.1, 0.15) is 45.6 Å². The normalized spacial score (nSPS) is 12.3. The molecule has 8 nitrogen and oxygen atoms in total. The van der Waals surface area contributed by atoms with Crippen molar-refractivity contribution in [2.45, 2.75) is 0 Å². The minimum atomic E-state index is 0.817. The maximum Gasteiger partial charge on any atom is 0.0737 e. The number of nitrogens with one attached hydrogen (secondary N) is 4. The number of aromatic amines is 4.